The average molecular weight is 341 g/mol. The zero-order chi connectivity index (χ0) is 16.6. The van der Waals surface area contributed by atoms with Crippen LogP contribution in [0.4, 0.5) is 14.5 Å². The van der Waals surface area contributed by atoms with E-state index in [-0.39, 0.29) is 22.5 Å². The summed E-state index contributed by atoms with van der Waals surface area (Å²) in [6.45, 7) is 0.362. The molecule has 2 aliphatic rings. The Hall–Kier alpha value is -2.04. The number of benzene rings is 1. The topological polar surface area (TPSA) is 99.8 Å². The van der Waals surface area contributed by atoms with Gasteiger partial charge in [-0.2, -0.15) is 0 Å². The second-order valence-electron chi connectivity index (χ2n) is 5.02. The van der Waals surface area contributed by atoms with E-state index in [4.69, 9.17) is 5.73 Å². The molecule has 0 saturated carbocycles. The molecular weight excluding hydrogens is 328 g/mol. The minimum Gasteiger partial charge on any atom is -0.369 e. The maximum absolute atomic E-state index is 13.5. The number of nitrogens with zero attached hydrogens (tertiary/aromatic N) is 2. The fraction of sp³-hybridized carbons (Fsp3) is 0.308. The molecule has 7 nitrogen and oxygen atoms in total. The van der Waals surface area contributed by atoms with Gasteiger partial charge in [0.2, 0.25) is 11.8 Å². The SMILES string of the molecule is NC(=O)CSC1=NC2NNCC2C(=O)N1c1ccc(F)c(F)c1. The summed E-state index contributed by atoms with van der Waals surface area (Å²) in [6.07, 6.45) is -0.473. The van der Waals surface area contributed by atoms with E-state index in [1.165, 1.54) is 11.0 Å². The molecule has 2 aliphatic heterocycles. The van der Waals surface area contributed by atoms with E-state index < -0.39 is 29.6 Å². The van der Waals surface area contributed by atoms with Gasteiger partial charge in [-0.3, -0.25) is 19.9 Å². The van der Waals surface area contributed by atoms with Gasteiger partial charge in [-0.15, -0.1) is 0 Å². The van der Waals surface area contributed by atoms with Gasteiger partial charge in [0.25, 0.3) is 0 Å². The molecule has 0 radical (unpaired) electrons. The number of hydrogen-bond acceptors (Lipinski definition) is 6. The highest BCUT2D eigenvalue weighted by Crippen LogP contribution is 2.29. The minimum atomic E-state index is -1.07. The second-order valence-corrected chi connectivity index (χ2v) is 5.96. The lowest BCUT2D eigenvalue weighted by Gasteiger charge is -2.32. The number of primary amides is 1. The van der Waals surface area contributed by atoms with Crippen molar-refractivity contribution in [2.24, 2.45) is 16.6 Å². The van der Waals surface area contributed by atoms with Gasteiger partial charge in [0.15, 0.2) is 16.8 Å². The Labute approximate surface area is 134 Å². The number of carbonyl (C=O) groups is 2. The molecule has 2 unspecified atom stereocenters. The lowest BCUT2D eigenvalue weighted by Crippen LogP contribution is -2.49. The van der Waals surface area contributed by atoms with Crippen molar-refractivity contribution < 1.29 is 18.4 Å². The van der Waals surface area contributed by atoms with E-state index in [0.29, 0.717) is 6.54 Å². The standard InChI is InChI=1S/C13H13F2N5O2S/c14-8-2-1-6(3-9(8)15)20-12(22)7-4-17-19-11(7)18-13(20)23-5-10(16)21/h1-3,7,11,17,19H,4-5H2,(H2,16,21). The number of hydrogen-bond donors (Lipinski definition) is 3. The number of amidine groups is 1. The van der Waals surface area contributed by atoms with Crippen LogP contribution in [0.15, 0.2) is 23.2 Å². The number of thioether (sulfide) groups is 1. The van der Waals surface area contributed by atoms with Crippen LogP contribution in [0.1, 0.15) is 0 Å². The molecule has 10 heteroatoms. The number of rotatable bonds is 3. The van der Waals surface area contributed by atoms with Gasteiger partial charge >= 0.3 is 0 Å². The molecule has 0 aliphatic carbocycles. The highest BCUT2D eigenvalue weighted by molar-refractivity contribution is 8.14. The van der Waals surface area contributed by atoms with Gasteiger partial charge in [-0.05, 0) is 12.1 Å². The summed E-state index contributed by atoms with van der Waals surface area (Å²) in [6, 6.07) is 3.14. The molecule has 122 valence electrons. The molecule has 1 aromatic carbocycles. The number of nitrogens with one attached hydrogen (secondary N) is 2. The van der Waals surface area contributed by atoms with E-state index in [2.05, 4.69) is 15.8 Å². The van der Waals surface area contributed by atoms with Gasteiger partial charge in [-0.25, -0.2) is 19.2 Å². The molecule has 1 aromatic rings. The predicted molar refractivity (Wildman–Crippen MR) is 81.3 cm³/mol. The van der Waals surface area contributed by atoms with Crippen LogP contribution in [-0.4, -0.2) is 35.4 Å². The molecule has 0 spiro atoms. The van der Waals surface area contributed by atoms with Crippen LogP contribution in [-0.2, 0) is 9.59 Å². The van der Waals surface area contributed by atoms with Gasteiger partial charge in [0.05, 0.1) is 17.4 Å². The number of carbonyl (C=O) groups excluding carboxylic acids is 2. The maximum atomic E-state index is 13.5. The Bertz CT molecular complexity index is 699. The summed E-state index contributed by atoms with van der Waals surface area (Å²) < 4.78 is 26.6. The third-order valence-electron chi connectivity index (χ3n) is 3.44. The molecular formula is C13H13F2N5O2S. The van der Waals surface area contributed by atoms with Crippen LogP contribution in [0.25, 0.3) is 0 Å². The molecule has 2 atom stereocenters. The Morgan fingerprint density at radius 1 is 1.43 bits per heavy atom. The second kappa shape index (κ2) is 6.22. The van der Waals surface area contributed by atoms with Crippen molar-refractivity contribution in [1.82, 2.24) is 10.9 Å². The number of hydrazine groups is 1. The van der Waals surface area contributed by atoms with Crippen molar-refractivity contribution in [2.45, 2.75) is 6.17 Å². The van der Waals surface area contributed by atoms with E-state index >= 15 is 0 Å². The number of amides is 2. The van der Waals surface area contributed by atoms with Crippen LogP contribution in [0, 0.1) is 17.6 Å². The summed E-state index contributed by atoms with van der Waals surface area (Å²) in [7, 11) is 0. The first-order chi connectivity index (χ1) is 11.0. The minimum absolute atomic E-state index is 0.0862. The molecule has 0 bridgehead atoms. The van der Waals surface area contributed by atoms with Crippen molar-refractivity contribution in [1.29, 1.82) is 0 Å². The largest absolute Gasteiger partial charge is 0.369 e. The van der Waals surface area contributed by atoms with Crippen LogP contribution in [0.5, 0.6) is 0 Å². The third-order valence-corrected chi connectivity index (χ3v) is 4.41. The zero-order valence-corrected chi connectivity index (χ0v) is 12.6. The molecule has 1 saturated heterocycles. The summed E-state index contributed by atoms with van der Waals surface area (Å²) in [4.78, 5) is 29.2. The van der Waals surface area contributed by atoms with Crippen molar-refractivity contribution in [3.05, 3.63) is 29.8 Å². The van der Waals surface area contributed by atoms with Crippen molar-refractivity contribution in [2.75, 3.05) is 17.2 Å². The predicted octanol–water partition coefficient (Wildman–Crippen LogP) is -0.0640. The zero-order valence-electron chi connectivity index (χ0n) is 11.8. The Balaban J connectivity index is 1.98. The summed E-state index contributed by atoms with van der Waals surface area (Å²) in [5.41, 5.74) is 11.0. The number of halogens is 2. The van der Waals surface area contributed by atoms with Crippen molar-refractivity contribution in [3.8, 4) is 0 Å². The van der Waals surface area contributed by atoms with Crippen LogP contribution in [0.2, 0.25) is 0 Å². The first-order valence-electron chi connectivity index (χ1n) is 6.73. The monoisotopic (exact) mass is 341 g/mol. The lowest BCUT2D eigenvalue weighted by molar-refractivity contribution is -0.121. The number of anilines is 1. The van der Waals surface area contributed by atoms with Crippen LogP contribution in [0.3, 0.4) is 0 Å². The van der Waals surface area contributed by atoms with E-state index in [1.807, 2.05) is 0 Å². The van der Waals surface area contributed by atoms with E-state index in [9.17, 15) is 18.4 Å². The van der Waals surface area contributed by atoms with Crippen molar-refractivity contribution in [3.63, 3.8) is 0 Å². The van der Waals surface area contributed by atoms with E-state index in [1.54, 1.807) is 0 Å². The highest BCUT2D eigenvalue weighted by Gasteiger charge is 2.42. The average Bonchev–Trinajstić information content (AvgIpc) is 2.97. The molecule has 1 fully saturated rings. The van der Waals surface area contributed by atoms with Crippen LogP contribution >= 0.6 is 11.8 Å². The third kappa shape index (κ3) is 3.05. The molecule has 3 rings (SSSR count). The maximum Gasteiger partial charge on any atom is 0.241 e. The van der Waals surface area contributed by atoms with Gasteiger partial charge < -0.3 is 5.73 Å². The molecule has 2 heterocycles. The number of fused-ring (bicyclic) bond motifs is 1. The summed E-state index contributed by atoms with van der Waals surface area (Å²) >= 11 is 0.968. The number of aliphatic imine (C=N–C) groups is 1. The van der Waals surface area contributed by atoms with Gasteiger partial charge in [0.1, 0.15) is 6.17 Å². The Kier molecular flexibility index (Phi) is 4.28. The number of nitrogens with two attached hydrogens (primary N) is 1. The normalized spacial score (nSPS) is 23.7. The first-order valence-corrected chi connectivity index (χ1v) is 7.72. The van der Waals surface area contributed by atoms with Gasteiger partial charge in [0, 0.05) is 12.6 Å². The van der Waals surface area contributed by atoms with Crippen LogP contribution < -0.4 is 21.5 Å². The van der Waals surface area contributed by atoms with Gasteiger partial charge in [-0.1, -0.05) is 11.8 Å². The lowest BCUT2D eigenvalue weighted by atomic mass is 10.0. The first kappa shape index (κ1) is 15.8. The fourth-order valence-corrected chi connectivity index (χ4v) is 3.15. The Morgan fingerprint density at radius 2 is 2.22 bits per heavy atom. The molecule has 4 N–H and O–H groups in total. The summed E-state index contributed by atoms with van der Waals surface area (Å²) in [5, 5.41) is 0.206. The Morgan fingerprint density at radius 3 is 2.91 bits per heavy atom. The highest BCUT2D eigenvalue weighted by atomic mass is 32.2. The molecule has 23 heavy (non-hydrogen) atoms. The molecule has 0 aromatic heterocycles. The van der Waals surface area contributed by atoms with E-state index in [0.717, 1.165) is 23.9 Å². The fourth-order valence-electron chi connectivity index (χ4n) is 2.37. The van der Waals surface area contributed by atoms with Crippen molar-refractivity contribution >= 4 is 34.4 Å². The summed E-state index contributed by atoms with van der Waals surface area (Å²) in [5.74, 6) is -3.53. The molecule has 2 amide bonds. The quantitative estimate of drug-likeness (QED) is 0.715. The smallest absolute Gasteiger partial charge is 0.241 e.